The molecule has 0 bridgehead atoms. The Morgan fingerprint density at radius 1 is 1.50 bits per heavy atom. The van der Waals surface area contributed by atoms with Gasteiger partial charge in [-0.05, 0) is 19.9 Å². The van der Waals surface area contributed by atoms with Crippen LogP contribution in [-0.2, 0) is 4.74 Å². The molecule has 0 spiro atoms. The summed E-state index contributed by atoms with van der Waals surface area (Å²) in [6, 6.07) is 1.64. The van der Waals surface area contributed by atoms with Crippen molar-refractivity contribution >= 4 is 23.3 Å². The zero-order valence-electron chi connectivity index (χ0n) is 10.6. The van der Waals surface area contributed by atoms with Gasteiger partial charge in [0.15, 0.2) is 0 Å². The molecule has 1 aromatic rings. The summed E-state index contributed by atoms with van der Waals surface area (Å²) in [4.78, 5) is 16.0. The lowest BCUT2D eigenvalue weighted by Crippen LogP contribution is -2.27. The molecule has 0 fully saturated rings. The van der Waals surface area contributed by atoms with Gasteiger partial charge in [0.25, 0.3) is 5.91 Å². The molecule has 0 aliphatic rings. The van der Waals surface area contributed by atoms with Gasteiger partial charge in [0.1, 0.15) is 5.82 Å². The van der Waals surface area contributed by atoms with Crippen molar-refractivity contribution in [3.8, 4) is 0 Å². The average Bonchev–Trinajstić information content (AvgIpc) is 2.37. The van der Waals surface area contributed by atoms with Crippen molar-refractivity contribution in [3.63, 3.8) is 0 Å². The van der Waals surface area contributed by atoms with Crippen molar-refractivity contribution in [3.05, 3.63) is 22.8 Å². The van der Waals surface area contributed by atoms with Gasteiger partial charge in [0.2, 0.25) is 0 Å². The summed E-state index contributed by atoms with van der Waals surface area (Å²) in [5.74, 6) is 0.415. The van der Waals surface area contributed by atoms with E-state index in [0.29, 0.717) is 36.2 Å². The van der Waals surface area contributed by atoms with Crippen molar-refractivity contribution in [1.82, 2.24) is 10.3 Å². The molecule has 0 saturated heterocycles. The van der Waals surface area contributed by atoms with E-state index in [-0.39, 0.29) is 5.91 Å². The average molecular weight is 272 g/mol. The van der Waals surface area contributed by atoms with Gasteiger partial charge in [0, 0.05) is 25.9 Å². The number of carbonyl (C=O) groups is 1. The minimum atomic E-state index is -0.221. The Hall–Kier alpha value is -1.33. The third-order valence-electron chi connectivity index (χ3n) is 2.19. The molecule has 2 N–H and O–H groups in total. The number of amides is 1. The minimum Gasteiger partial charge on any atom is -0.380 e. The van der Waals surface area contributed by atoms with Crippen LogP contribution in [0.5, 0.6) is 0 Å². The molecule has 0 aliphatic carbocycles. The van der Waals surface area contributed by atoms with Gasteiger partial charge >= 0.3 is 0 Å². The molecule has 1 amide bonds. The van der Waals surface area contributed by atoms with Crippen molar-refractivity contribution in [2.24, 2.45) is 0 Å². The Morgan fingerprint density at radius 2 is 2.28 bits per heavy atom. The van der Waals surface area contributed by atoms with Crippen LogP contribution in [0.15, 0.2) is 12.3 Å². The summed E-state index contributed by atoms with van der Waals surface area (Å²) < 4.78 is 5.14. The second-order valence-corrected chi connectivity index (χ2v) is 3.94. The molecular formula is C12H18ClN3O2. The fourth-order valence-electron chi connectivity index (χ4n) is 1.37. The first-order chi connectivity index (χ1) is 8.69. The molecular weight excluding hydrogens is 254 g/mol. The van der Waals surface area contributed by atoms with Crippen LogP contribution in [0, 0.1) is 0 Å². The SMILES string of the molecule is CCNc1cc(C(=O)NCCOCC)c(Cl)cn1. The van der Waals surface area contributed by atoms with E-state index in [1.54, 1.807) is 6.07 Å². The molecule has 1 rings (SSSR count). The fraction of sp³-hybridized carbons (Fsp3) is 0.500. The number of hydrogen-bond donors (Lipinski definition) is 2. The molecule has 1 heterocycles. The van der Waals surface area contributed by atoms with Crippen LogP contribution in [0.3, 0.4) is 0 Å². The number of hydrogen-bond acceptors (Lipinski definition) is 4. The number of ether oxygens (including phenoxy) is 1. The number of rotatable bonds is 7. The largest absolute Gasteiger partial charge is 0.380 e. The Balaban J connectivity index is 2.63. The number of aromatic nitrogens is 1. The van der Waals surface area contributed by atoms with Crippen LogP contribution in [0.1, 0.15) is 24.2 Å². The third-order valence-corrected chi connectivity index (χ3v) is 2.50. The summed E-state index contributed by atoms with van der Waals surface area (Å²) in [6.07, 6.45) is 1.47. The van der Waals surface area contributed by atoms with E-state index in [2.05, 4.69) is 15.6 Å². The van der Waals surface area contributed by atoms with Crippen molar-refractivity contribution in [2.75, 3.05) is 31.6 Å². The molecule has 0 unspecified atom stereocenters. The Kier molecular flexibility index (Phi) is 6.46. The van der Waals surface area contributed by atoms with E-state index in [0.717, 1.165) is 6.54 Å². The van der Waals surface area contributed by atoms with Gasteiger partial charge in [0.05, 0.1) is 17.2 Å². The quantitative estimate of drug-likeness (QED) is 0.744. The van der Waals surface area contributed by atoms with Crippen molar-refractivity contribution < 1.29 is 9.53 Å². The second kappa shape index (κ2) is 7.89. The van der Waals surface area contributed by atoms with Gasteiger partial charge in [-0.1, -0.05) is 11.6 Å². The molecule has 0 aliphatic heterocycles. The van der Waals surface area contributed by atoms with E-state index in [9.17, 15) is 4.79 Å². The summed E-state index contributed by atoms with van der Waals surface area (Å²) >= 11 is 5.95. The number of nitrogens with one attached hydrogen (secondary N) is 2. The fourth-order valence-corrected chi connectivity index (χ4v) is 1.56. The summed E-state index contributed by atoms with van der Waals surface area (Å²) in [5, 5.41) is 6.11. The first kappa shape index (κ1) is 14.7. The highest BCUT2D eigenvalue weighted by molar-refractivity contribution is 6.33. The minimum absolute atomic E-state index is 0.221. The number of halogens is 1. The lowest BCUT2D eigenvalue weighted by molar-refractivity contribution is 0.0922. The van der Waals surface area contributed by atoms with Crippen LogP contribution < -0.4 is 10.6 Å². The molecule has 0 radical (unpaired) electrons. The van der Waals surface area contributed by atoms with Crippen LogP contribution in [0.25, 0.3) is 0 Å². The van der Waals surface area contributed by atoms with E-state index in [1.165, 1.54) is 6.20 Å². The smallest absolute Gasteiger partial charge is 0.253 e. The van der Waals surface area contributed by atoms with E-state index < -0.39 is 0 Å². The van der Waals surface area contributed by atoms with Gasteiger partial charge in [-0.15, -0.1) is 0 Å². The van der Waals surface area contributed by atoms with Gasteiger partial charge in [-0.2, -0.15) is 0 Å². The van der Waals surface area contributed by atoms with Crippen molar-refractivity contribution in [2.45, 2.75) is 13.8 Å². The molecule has 100 valence electrons. The summed E-state index contributed by atoms with van der Waals surface area (Å²) in [6.45, 7) is 6.19. The first-order valence-corrected chi connectivity index (χ1v) is 6.32. The highest BCUT2D eigenvalue weighted by Gasteiger charge is 2.11. The molecule has 1 aromatic heterocycles. The maximum atomic E-state index is 11.9. The standard InChI is InChI=1S/C12H18ClN3O2/c1-3-14-11-7-9(10(13)8-16-11)12(17)15-5-6-18-4-2/h7-8H,3-6H2,1-2H3,(H,14,16)(H,15,17). The Morgan fingerprint density at radius 3 is 2.94 bits per heavy atom. The maximum absolute atomic E-state index is 11.9. The summed E-state index contributed by atoms with van der Waals surface area (Å²) in [7, 11) is 0. The second-order valence-electron chi connectivity index (χ2n) is 3.53. The van der Waals surface area contributed by atoms with Gasteiger partial charge in [-0.3, -0.25) is 4.79 Å². The molecule has 18 heavy (non-hydrogen) atoms. The predicted octanol–water partition coefficient (Wildman–Crippen LogP) is 1.93. The van der Waals surface area contributed by atoms with E-state index in [1.807, 2.05) is 13.8 Å². The Bertz CT molecular complexity index is 399. The number of anilines is 1. The highest BCUT2D eigenvalue weighted by atomic mass is 35.5. The maximum Gasteiger partial charge on any atom is 0.253 e. The Labute approximate surface area is 112 Å². The van der Waals surface area contributed by atoms with Gasteiger partial charge < -0.3 is 15.4 Å². The lowest BCUT2D eigenvalue weighted by atomic mass is 10.2. The zero-order valence-corrected chi connectivity index (χ0v) is 11.4. The monoisotopic (exact) mass is 271 g/mol. The molecule has 0 aromatic carbocycles. The third kappa shape index (κ3) is 4.50. The zero-order chi connectivity index (χ0) is 13.4. The topological polar surface area (TPSA) is 63.2 Å². The number of nitrogens with zero attached hydrogens (tertiary/aromatic N) is 1. The predicted molar refractivity (Wildman–Crippen MR) is 72.2 cm³/mol. The van der Waals surface area contributed by atoms with Crippen LogP contribution >= 0.6 is 11.6 Å². The lowest BCUT2D eigenvalue weighted by Gasteiger charge is -2.08. The van der Waals surface area contributed by atoms with Crippen LogP contribution in [0.4, 0.5) is 5.82 Å². The van der Waals surface area contributed by atoms with Gasteiger partial charge in [-0.25, -0.2) is 4.98 Å². The van der Waals surface area contributed by atoms with Crippen molar-refractivity contribution in [1.29, 1.82) is 0 Å². The van der Waals surface area contributed by atoms with Crippen LogP contribution in [0.2, 0.25) is 5.02 Å². The molecule has 0 saturated carbocycles. The highest BCUT2D eigenvalue weighted by Crippen LogP contribution is 2.17. The van der Waals surface area contributed by atoms with E-state index in [4.69, 9.17) is 16.3 Å². The normalized spacial score (nSPS) is 10.2. The van der Waals surface area contributed by atoms with E-state index >= 15 is 0 Å². The molecule has 6 heteroatoms. The molecule has 5 nitrogen and oxygen atoms in total. The number of pyridine rings is 1. The first-order valence-electron chi connectivity index (χ1n) is 5.94. The van der Waals surface area contributed by atoms with Crippen LogP contribution in [-0.4, -0.2) is 37.2 Å². The summed E-state index contributed by atoms with van der Waals surface area (Å²) in [5.41, 5.74) is 0.416. The number of carbonyl (C=O) groups excluding carboxylic acids is 1. The molecule has 0 atom stereocenters.